The molecule has 0 atom stereocenters. The highest BCUT2D eigenvalue weighted by Gasteiger charge is 2.25. The normalized spacial score (nSPS) is 13.6. The predicted molar refractivity (Wildman–Crippen MR) is 85.2 cm³/mol. The third-order valence-electron chi connectivity index (χ3n) is 3.40. The summed E-state index contributed by atoms with van der Waals surface area (Å²) in [6, 6.07) is 8.70. The first-order valence-corrected chi connectivity index (χ1v) is 7.87. The Morgan fingerprint density at radius 1 is 1.36 bits per heavy atom. The smallest absolute Gasteiger partial charge is 0.293 e. The first-order valence-electron chi connectivity index (χ1n) is 6.99. The minimum absolute atomic E-state index is 0.0596. The van der Waals surface area contributed by atoms with Gasteiger partial charge in [0, 0.05) is 22.5 Å². The van der Waals surface area contributed by atoms with Crippen LogP contribution in [0.15, 0.2) is 35.7 Å². The van der Waals surface area contributed by atoms with Gasteiger partial charge in [-0.3, -0.25) is 14.9 Å². The average Bonchev–Trinajstić information content (AvgIpc) is 3.16. The maximum Gasteiger partial charge on any atom is 0.293 e. The fourth-order valence-corrected chi connectivity index (χ4v) is 2.72. The van der Waals surface area contributed by atoms with Crippen molar-refractivity contribution in [3.05, 3.63) is 56.3 Å². The zero-order valence-electron chi connectivity index (χ0n) is 11.7. The molecule has 22 heavy (non-hydrogen) atoms. The van der Waals surface area contributed by atoms with Crippen molar-refractivity contribution in [2.24, 2.45) is 0 Å². The maximum atomic E-state index is 12.1. The summed E-state index contributed by atoms with van der Waals surface area (Å²) < 4.78 is 0. The van der Waals surface area contributed by atoms with E-state index in [1.54, 1.807) is 23.5 Å². The number of nitrogens with zero attached hydrogens (tertiary/aromatic N) is 1. The highest BCUT2D eigenvalue weighted by molar-refractivity contribution is 7.09. The number of hydrogen-bond donors (Lipinski definition) is 2. The number of carbonyl (C=O) groups excluding carboxylic acids is 1. The molecule has 2 aromatic rings. The molecule has 1 fully saturated rings. The number of nitro groups is 1. The van der Waals surface area contributed by atoms with Crippen molar-refractivity contribution in [1.29, 1.82) is 0 Å². The molecule has 1 heterocycles. The van der Waals surface area contributed by atoms with E-state index in [-0.39, 0.29) is 11.6 Å². The van der Waals surface area contributed by atoms with E-state index < -0.39 is 4.92 Å². The Morgan fingerprint density at radius 2 is 2.18 bits per heavy atom. The Bertz CT molecular complexity index is 696. The summed E-state index contributed by atoms with van der Waals surface area (Å²) in [6.45, 7) is 0.423. The molecule has 0 aliphatic heterocycles. The number of anilines is 1. The van der Waals surface area contributed by atoms with Crippen LogP contribution in [0.5, 0.6) is 0 Å². The van der Waals surface area contributed by atoms with Crippen LogP contribution in [0.25, 0.3) is 0 Å². The molecule has 1 aliphatic rings. The lowest BCUT2D eigenvalue weighted by molar-refractivity contribution is -0.384. The number of nitro benzene ring substituents is 1. The van der Waals surface area contributed by atoms with Crippen molar-refractivity contribution in [2.45, 2.75) is 25.4 Å². The minimum Gasteiger partial charge on any atom is -0.377 e. The van der Waals surface area contributed by atoms with E-state index in [2.05, 4.69) is 10.6 Å². The Hall–Kier alpha value is -2.41. The first kappa shape index (κ1) is 14.5. The molecule has 0 spiro atoms. The number of hydrogen-bond acceptors (Lipinski definition) is 5. The van der Waals surface area contributed by atoms with Crippen molar-refractivity contribution in [1.82, 2.24) is 5.32 Å². The van der Waals surface area contributed by atoms with Crippen molar-refractivity contribution in [3.8, 4) is 0 Å². The van der Waals surface area contributed by atoms with E-state index in [1.165, 1.54) is 6.07 Å². The van der Waals surface area contributed by atoms with Crippen LogP contribution in [0.3, 0.4) is 0 Å². The van der Waals surface area contributed by atoms with Gasteiger partial charge < -0.3 is 10.6 Å². The molecule has 114 valence electrons. The third kappa shape index (κ3) is 3.43. The van der Waals surface area contributed by atoms with Gasteiger partial charge in [0.2, 0.25) is 0 Å². The summed E-state index contributed by atoms with van der Waals surface area (Å²) in [4.78, 5) is 23.9. The molecule has 7 heteroatoms. The topological polar surface area (TPSA) is 84.3 Å². The Balaban J connectivity index is 1.73. The number of carbonyl (C=O) groups is 1. The quantitative estimate of drug-likeness (QED) is 0.633. The van der Waals surface area contributed by atoms with Gasteiger partial charge in [0.1, 0.15) is 5.69 Å². The molecular weight excluding hydrogens is 302 g/mol. The molecule has 3 rings (SSSR count). The fourth-order valence-electron chi connectivity index (χ4n) is 2.08. The summed E-state index contributed by atoms with van der Waals surface area (Å²) in [6.07, 6.45) is 2.06. The second-order valence-corrected chi connectivity index (χ2v) is 6.20. The third-order valence-corrected chi connectivity index (χ3v) is 4.27. The molecular formula is C15H15N3O3S. The van der Waals surface area contributed by atoms with E-state index in [0.29, 0.717) is 23.8 Å². The van der Waals surface area contributed by atoms with Crippen LogP contribution in [0.4, 0.5) is 11.4 Å². The van der Waals surface area contributed by atoms with E-state index in [4.69, 9.17) is 0 Å². The molecule has 1 aromatic heterocycles. The number of benzene rings is 1. The van der Waals surface area contributed by atoms with E-state index in [9.17, 15) is 14.9 Å². The summed E-state index contributed by atoms with van der Waals surface area (Å²) in [5, 5.41) is 19.0. The van der Waals surface area contributed by atoms with E-state index in [1.807, 2.05) is 17.5 Å². The number of rotatable bonds is 6. The highest BCUT2D eigenvalue weighted by atomic mass is 32.1. The summed E-state index contributed by atoms with van der Waals surface area (Å²) >= 11 is 1.55. The van der Waals surface area contributed by atoms with Gasteiger partial charge in [-0.2, -0.15) is 0 Å². The van der Waals surface area contributed by atoms with Crippen LogP contribution in [0.2, 0.25) is 0 Å². The van der Waals surface area contributed by atoms with Crippen LogP contribution >= 0.6 is 11.3 Å². The van der Waals surface area contributed by atoms with Gasteiger partial charge in [-0.25, -0.2) is 0 Å². The molecule has 6 nitrogen and oxygen atoms in total. The number of thiophene rings is 1. The number of amides is 1. The lowest BCUT2D eigenvalue weighted by Crippen LogP contribution is -2.22. The van der Waals surface area contributed by atoms with Crippen LogP contribution in [-0.4, -0.2) is 16.9 Å². The Kier molecular flexibility index (Phi) is 4.06. The van der Waals surface area contributed by atoms with Gasteiger partial charge in [-0.05, 0) is 36.4 Å². The van der Waals surface area contributed by atoms with Crippen LogP contribution in [-0.2, 0) is 6.54 Å². The molecule has 0 radical (unpaired) electrons. The second-order valence-electron chi connectivity index (χ2n) is 5.17. The summed E-state index contributed by atoms with van der Waals surface area (Å²) in [5.74, 6) is -0.311. The van der Waals surface area contributed by atoms with Gasteiger partial charge in [0.25, 0.3) is 11.6 Å². The molecule has 0 unspecified atom stereocenters. The Labute approximate surface area is 131 Å². The van der Waals surface area contributed by atoms with Gasteiger partial charge in [0.15, 0.2) is 0 Å². The van der Waals surface area contributed by atoms with Crippen molar-refractivity contribution in [2.75, 3.05) is 5.32 Å². The SMILES string of the molecule is O=C(NCc1cccs1)c1ccc(NC2CC2)c([N+](=O)[O-])c1. The lowest BCUT2D eigenvalue weighted by Gasteiger charge is -2.08. The standard InChI is InChI=1S/C15H15N3O3S/c19-15(16-9-12-2-1-7-22-12)10-3-6-13(17-11-4-5-11)14(8-10)18(20)21/h1-3,6-8,11,17H,4-5,9H2,(H,16,19). The molecule has 1 aromatic carbocycles. The van der Waals surface area contributed by atoms with Crippen LogP contribution < -0.4 is 10.6 Å². The molecule has 0 bridgehead atoms. The minimum atomic E-state index is -0.458. The van der Waals surface area contributed by atoms with E-state index >= 15 is 0 Å². The Morgan fingerprint density at radius 3 is 2.82 bits per heavy atom. The maximum absolute atomic E-state index is 12.1. The molecule has 0 saturated heterocycles. The van der Waals surface area contributed by atoms with Crippen molar-refractivity contribution in [3.63, 3.8) is 0 Å². The first-order chi connectivity index (χ1) is 10.6. The molecule has 1 saturated carbocycles. The van der Waals surface area contributed by atoms with Crippen molar-refractivity contribution >= 4 is 28.6 Å². The van der Waals surface area contributed by atoms with Crippen molar-refractivity contribution < 1.29 is 9.72 Å². The van der Waals surface area contributed by atoms with E-state index in [0.717, 1.165) is 17.7 Å². The molecule has 1 amide bonds. The van der Waals surface area contributed by atoms with Gasteiger partial charge in [0.05, 0.1) is 11.5 Å². The summed E-state index contributed by atoms with van der Waals surface area (Å²) in [7, 11) is 0. The van der Waals surface area contributed by atoms with Crippen LogP contribution in [0, 0.1) is 10.1 Å². The fraction of sp³-hybridized carbons (Fsp3) is 0.267. The average molecular weight is 317 g/mol. The lowest BCUT2D eigenvalue weighted by atomic mass is 10.1. The number of nitrogens with one attached hydrogen (secondary N) is 2. The van der Waals surface area contributed by atoms with Crippen LogP contribution in [0.1, 0.15) is 28.1 Å². The zero-order chi connectivity index (χ0) is 15.5. The molecule has 2 N–H and O–H groups in total. The summed E-state index contributed by atoms with van der Waals surface area (Å²) in [5.41, 5.74) is 0.711. The zero-order valence-corrected chi connectivity index (χ0v) is 12.6. The second kappa shape index (κ2) is 6.15. The largest absolute Gasteiger partial charge is 0.377 e. The van der Waals surface area contributed by atoms with Gasteiger partial charge >= 0.3 is 0 Å². The monoisotopic (exact) mass is 317 g/mol. The van der Waals surface area contributed by atoms with Gasteiger partial charge in [-0.1, -0.05) is 6.07 Å². The molecule has 1 aliphatic carbocycles. The predicted octanol–water partition coefficient (Wildman–Crippen LogP) is 3.16. The highest BCUT2D eigenvalue weighted by Crippen LogP contribution is 2.31. The van der Waals surface area contributed by atoms with Gasteiger partial charge in [-0.15, -0.1) is 11.3 Å².